The third-order valence-corrected chi connectivity index (χ3v) is 6.89. The van der Waals surface area contributed by atoms with E-state index >= 15 is 0 Å². The van der Waals surface area contributed by atoms with E-state index in [1.54, 1.807) is 6.07 Å². The van der Waals surface area contributed by atoms with Crippen molar-refractivity contribution >= 4 is 11.8 Å². The van der Waals surface area contributed by atoms with Crippen LogP contribution in [0.5, 0.6) is 5.75 Å². The summed E-state index contributed by atoms with van der Waals surface area (Å²) in [5.74, 6) is 2.71. The molecule has 0 bridgehead atoms. The van der Waals surface area contributed by atoms with E-state index in [0.717, 1.165) is 30.1 Å². The maximum atomic E-state index is 13.1. The zero-order valence-corrected chi connectivity index (χ0v) is 20.7. The van der Waals surface area contributed by atoms with Crippen LogP contribution < -0.4 is 4.74 Å². The number of carbonyl (C=O) groups excluding carboxylic acids is 2. The number of amides is 2. The summed E-state index contributed by atoms with van der Waals surface area (Å²) in [7, 11) is 0. The highest BCUT2D eigenvalue weighted by molar-refractivity contribution is 5.94. The number of benzene rings is 1. The van der Waals surface area contributed by atoms with Crippen LogP contribution in [-0.4, -0.2) is 77.5 Å². The Balaban J connectivity index is 1.28. The minimum absolute atomic E-state index is 0.00699. The number of aromatic nitrogens is 1. The Morgan fingerprint density at radius 1 is 1.06 bits per heavy atom. The average Bonchev–Trinajstić information content (AvgIpc) is 3.14. The fourth-order valence-corrected chi connectivity index (χ4v) is 5.03. The predicted octanol–water partition coefficient (Wildman–Crippen LogP) is 3.13. The fourth-order valence-electron chi connectivity index (χ4n) is 5.03. The molecule has 1 aromatic heterocycles. The van der Waals surface area contributed by atoms with Crippen molar-refractivity contribution in [2.75, 3.05) is 45.8 Å². The molecular weight excluding hydrogens is 432 g/mol. The molecule has 2 atom stereocenters. The largest absolute Gasteiger partial charge is 0.489 e. The highest BCUT2D eigenvalue weighted by Crippen LogP contribution is 2.22. The zero-order valence-electron chi connectivity index (χ0n) is 20.7. The van der Waals surface area contributed by atoms with Gasteiger partial charge in [-0.3, -0.25) is 14.5 Å². The number of ether oxygens (including phenoxy) is 1. The molecule has 8 heteroatoms. The lowest BCUT2D eigenvalue weighted by Crippen LogP contribution is -2.53. The van der Waals surface area contributed by atoms with E-state index < -0.39 is 0 Å². The normalized spacial score (nSPS) is 21.5. The molecule has 0 aliphatic carbocycles. The summed E-state index contributed by atoms with van der Waals surface area (Å²) in [6, 6.07) is 7.29. The van der Waals surface area contributed by atoms with Crippen molar-refractivity contribution in [3.63, 3.8) is 0 Å². The van der Waals surface area contributed by atoms with Crippen molar-refractivity contribution in [1.29, 1.82) is 0 Å². The van der Waals surface area contributed by atoms with E-state index in [9.17, 15) is 9.59 Å². The molecule has 1 aromatic carbocycles. The first-order valence-electron chi connectivity index (χ1n) is 12.2. The summed E-state index contributed by atoms with van der Waals surface area (Å²) in [5, 5.41) is 3.95. The van der Waals surface area contributed by atoms with Crippen molar-refractivity contribution in [1.82, 2.24) is 19.9 Å². The molecule has 3 heterocycles. The molecule has 184 valence electrons. The molecule has 0 saturated carbocycles. The molecule has 4 rings (SSSR count). The number of piperazine rings is 1. The van der Waals surface area contributed by atoms with E-state index in [2.05, 4.69) is 23.9 Å². The predicted molar refractivity (Wildman–Crippen MR) is 129 cm³/mol. The Labute approximate surface area is 201 Å². The highest BCUT2D eigenvalue weighted by Gasteiger charge is 2.28. The summed E-state index contributed by atoms with van der Waals surface area (Å²) in [6.45, 7) is 13.3. The molecule has 0 spiro atoms. The number of carbonyl (C=O) groups is 2. The third-order valence-electron chi connectivity index (χ3n) is 6.89. The van der Waals surface area contributed by atoms with Gasteiger partial charge in [-0.05, 0) is 50.3 Å². The van der Waals surface area contributed by atoms with Crippen molar-refractivity contribution in [2.45, 2.75) is 40.7 Å². The first-order chi connectivity index (χ1) is 16.3. The quantitative estimate of drug-likeness (QED) is 0.648. The topological polar surface area (TPSA) is 79.1 Å². The van der Waals surface area contributed by atoms with Gasteiger partial charge in [0, 0.05) is 44.8 Å². The molecule has 2 fully saturated rings. The maximum Gasteiger partial charge on any atom is 0.254 e. The van der Waals surface area contributed by atoms with Gasteiger partial charge in [-0.25, -0.2) is 0 Å². The Kier molecular flexibility index (Phi) is 7.56. The van der Waals surface area contributed by atoms with Gasteiger partial charge in [0.05, 0.1) is 17.8 Å². The van der Waals surface area contributed by atoms with E-state index in [1.165, 1.54) is 6.42 Å². The van der Waals surface area contributed by atoms with Crippen LogP contribution in [0.3, 0.4) is 0 Å². The van der Waals surface area contributed by atoms with Crippen LogP contribution in [0.1, 0.15) is 47.6 Å². The van der Waals surface area contributed by atoms with Crippen LogP contribution in [-0.2, 0) is 11.4 Å². The molecule has 0 radical (unpaired) electrons. The molecule has 2 amide bonds. The number of aryl methyl sites for hydroxylation is 2. The van der Waals surface area contributed by atoms with Gasteiger partial charge >= 0.3 is 0 Å². The Morgan fingerprint density at radius 2 is 1.76 bits per heavy atom. The molecule has 8 nitrogen and oxygen atoms in total. The van der Waals surface area contributed by atoms with Gasteiger partial charge in [-0.2, -0.15) is 0 Å². The number of hydrogen-bond acceptors (Lipinski definition) is 6. The number of piperidine rings is 1. The van der Waals surface area contributed by atoms with E-state index in [-0.39, 0.29) is 11.8 Å². The maximum absolute atomic E-state index is 13.1. The number of nitrogens with zero attached hydrogens (tertiary/aromatic N) is 4. The smallest absolute Gasteiger partial charge is 0.254 e. The van der Waals surface area contributed by atoms with Gasteiger partial charge in [-0.1, -0.05) is 25.1 Å². The molecule has 2 unspecified atom stereocenters. The van der Waals surface area contributed by atoms with Gasteiger partial charge in [0.25, 0.3) is 5.91 Å². The summed E-state index contributed by atoms with van der Waals surface area (Å²) >= 11 is 0. The van der Waals surface area contributed by atoms with Crippen LogP contribution >= 0.6 is 0 Å². The summed E-state index contributed by atoms with van der Waals surface area (Å²) in [6.07, 6.45) is 1.19. The second-order valence-corrected chi connectivity index (χ2v) is 9.93. The van der Waals surface area contributed by atoms with E-state index in [4.69, 9.17) is 9.26 Å². The molecule has 2 aliphatic rings. The fraction of sp³-hybridized carbons (Fsp3) is 0.577. The highest BCUT2D eigenvalue weighted by atomic mass is 16.5. The molecule has 2 saturated heterocycles. The molecule has 2 aliphatic heterocycles. The van der Waals surface area contributed by atoms with Crippen molar-refractivity contribution in [3.8, 4) is 5.75 Å². The summed E-state index contributed by atoms with van der Waals surface area (Å²) in [4.78, 5) is 31.9. The molecule has 2 aromatic rings. The second kappa shape index (κ2) is 10.6. The Morgan fingerprint density at radius 3 is 2.41 bits per heavy atom. The van der Waals surface area contributed by atoms with Gasteiger partial charge in [0.15, 0.2) is 0 Å². The molecule has 0 N–H and O–H groups in total. The number of rotatable bonds is 6. The first kappa shape index (κ1) is 24.3. The Hall–Kier alpha value is -2.87. The van der Waals surface area contributed by atoms with Gasteiger partial charge in [-0.15, -0.1) is 0 Å². The van der Waals surface area contributed by atoms with E-state index in [0.29, 0.717) is 62.5 Å². The van der Waals surface area contributed by atoms with Crippen molar-refractivity contribution in [2.24, 2.45) is 11.8 Å². The number of likely N-dealkylation sites (tertiary alicyclic amines) is 1. The lowest BCUT2D eigenvalue weighted by Gasteiger charge is -2.38. The second-order valence-electron chi connectivity index (χ2n) is 9.93. The average molecular weight is 469 g/mol. The van der Waals surface area contributed by atoms with Crippen LogP contribution in [0.2, 0.25) is 0 Å². The van der Waals surface area contributed by atoms with E-state index in [1.807, 2.05) is 41.8 Å². The lowest BCUT2D eigenvalue weighted by molar-refractivity contribution is -0.135. The zero-order chi connectivity index (χ0) is 24.2. The minimum Gasteiger partial charge on any atom is -0.489 e. The van der Waals surface area contributed by atoms with Gasteiger partial charge in [0.1, 0.15) is 18.1 Å². The van der Waals surface area contributed by atoms with Crippen molar-refractivity contribution < 1.29 is 18.8 Å². The SMILES string of the molecule is Cc1noc(C)c1COc1cccc(C(=O)N2CCN(CC(=O)N3CC(C)CC(C)C3)CC2)c1. The van der Waals surface area contributed by atoms with Crippen LogP contribution in [0, 0.1) is 25.7 Å². The number of hydrogen-bond donors (Lipinski definition) is 0. The van der Waals surface area contributed by atoms with Crippen LogP contribution in [0.15, 0.2) is 28.8 Å². The monoisotopic (exact) mass is 468 g/mol. The first-order valence-corrected chi connectivity index (χ1v) is 12.2. The van der Waals surface area contributed by atoms with Crippen molar-refractivity contribution in [3.05, 3.63) is 46.8 Å². The van der Waals surface area contributed by atoms with Gasteiger partial charge in [0.2, 0.25) is 5.91 Å². The van der Waals surface area contributed by atoms with Crippen LogP contribution in [0.25, 0.3) is 0 Å². The summed E-state index contributed by atoms with van der Waals surface area (Å²) in [5.41, 5.74) is 2.35. The summed E-state index contributed by atoms with van der Waals surface area (Å²) < 4.78 is 11.1. The lowest BCUT2D eigenvalue weighted by atomic mass is 9.92. The molecule has 34 heavy (non-hydrogen) atoms. The van der Waals surface area contributed by atoms with Gasteiger partial charge < -0.3 is 19.1 Å². The minimum atomic E-state index is -0.00699. The standard InChI is InChI=1S/C26H36N4O4/c1-18-12-19(2)15-30(14-18)25(31)16-28-8-10-29(11-9-28)26(32)22-6-5-7-23(13-22)33-17-24-20(3)27-34-21(24)4/h5-7,13,18-19H,8-12,14-17H2,1-4H3. The van der Waals surface area contributed by atoms with Crippen LogP contribution in [0.4, 0.5) is 0 Å². The molecular formula is C26H36N4O4. The third kappa shape index (κ3) is 5.78. The Bertz CT molecular complexity index is 982.